The van der Waals surface area contributed by atoms with Crippen LogP contribution in [0.2, 0.25) is 0 Å². The average molecular weight is 388 g/mol. The molecule has 0 bridgehead atoms. The molecule has 0 rings (SSSR count). The number of hydrogen-bond acceptors (Lipinski definition) is 5. The predicted molar refractivity (Wildman–Crippen MR) is 111 cm³/mol. The molecule has 0 aliphatic heterocycles. The maximum absolute atomic E-state index is 11.2. The SMILES string of the molecule is CCCCCCCCCCCCCCCCCCNCC(=O)OC(C)(O)O. The van der Waals surface area contributed by atoms with Crippen molar-refractivity contribution in [2.24, 2.45) is 0 Å². The number of carbonyl (C=O) groups is 1. The second kappa shape index (κ2) is 18.7. The minimum atomic E-state index is -2.38. The number of ether oxygens (including phenoxy) is 1. The summed E-state index contributed by atoms with van der Waals surface area (Å²) in [6.07, 6.45) is 21.5. The maximum Gasteiger partial charge on any atom is 0.324 e. The first kappa shape index (κ1) is 26.4. The summed E-state index contributed by atoms with van der Waals surface area (Å²) in [5, 5.41) is 20.8. The first-order valence-corrected chi connectivity index (χ1v) is 11.3. The van der Waals surface area contributed by atoms with Gasteiger partial charge in [0.15, 0.2) is 0 Å². The summed E-state index contributed by atoms with van der Waals surface area (Å²) in [5.41, 5.74) is 0. The third-order valence-electron chi connectivity index (χ3n) is 4.78. The van der Waals surface area contributed by atoms with E-state index in [1.165, 1.54) is 89.9 Å². The van der Waals surface area contributed by atoms with Crippen LogP contribution >= 0.6 is 0 Å². The molecule has 0 saturated heterocycles. The molecule has 0 aromatic carbocycles. The van der Waals surface area contributed by atoms with Crippen LogP contribution in [0.1, 0.15) is 117 Å². The van der Waals surface area contributed by atoms with Crippen molar-refractivity contribution in [2.75, 3.05) is 13.1 Å². The zero-order chi connectivity index (χ0) is 20.2. The standard InChI is InChI=1S/C22H45NO4/c1-3-4-5-6-7-8-9-10-11-12-13-14-15-16-17-18-19-23-20-21(24)27-22(2,25)26/h23,25-26H,3-20H2,1-2H3. The van der Waals surface area contributed by atoms with Gasteiger partial charge in [-0.05, 0) is 13.0 Å². The molecule has 0 aromatic heterocycles. The van der Waals surface area contributed by atoms with Crippen molar-refractivity contribution in [3.05, 3.63) is 0 Å². The number of rotatable bonds is 20. The number of hydrogen-bond donors (Lipinski definition) is 3. The van der Waals surface area contributed by atoms with Gasteiger partial charge in [-0.1, -0.05) is 103 Å². The van der Waals surface area contributed by atoms with Gasteiger partial charge >= 0.3 is 11.9 Å². The lowest BCUT2D eigenvalue weighted by molar-refractivity contribution is -0.306. The molecule has 27 heavy (non-hydrogen) atoms. The molecule has 5 heteroatoms. The van der Waals surface area contributed by atoms with Gasteiger partial charge in [0, 0.05) is 6.92 Å². The van der Waals surface area contributed by atoms with Gasteiger partial charge in [0.25, 0.3) is 0 Å². The number of carbonyl (C=O) groups excluding carboxylic acids is 1. The monoisotopic (exact) mass is 387 g/mol. The Morgan fingerprint density at radius 2 is 1.11 bits per heavy atom. The molecule has 5 nitrogen and oxygen atoms in total. The highest BCUT2D eigenvalue weighted by molar-refractivity contribution is 5.71. The van der Waals surface area contributed by atoms with Crippen LogP contribution in [-0.4, -0.2) is 35.2 Å². The van der Waals surface area contributed by atoms with E-state index in [0.717, 1.165) is 26.3 Å². The highest BCUT2D eigenvalue weighted by Gasteiger charge is 2.20. The first-order chi connectivity index (χ1) is 13.0. The molecular formula is C22H45NO4. The summed E-state index contributed by atoms with van der Waals surface area (Å²) in [6.45, 7) is 4.05. The third kappa shape index (κ3) is 23.3. The van der Waals surface area contributed by atoms with Crippen LogP contribution in [0.3, 0.4) is 0 Å². The summed E-state index contributed by atoms with van der Waals surface area (Å²) >= 11 is 0. The molecule has 0 aromatic rings. The van der Waals surface area contributed by atoms with Crippen molar-refractivity contribution < 1.29 is 19.7 Å². The Balaban J connectivity index is 3.12. The van der Waals surface area contributed by atoms with Gasteiger partial charge in [0.2, 0.25) is 0 Å². The maximum atomic E-state index is 11.2. The molecule has 0 spiro atoms. The van der Waals surface area contributed by atoms with Crippen molar-refractivity contribution in [3.8, 4) is 0 Å². The molecule has 162 valence electrons. The van der Waals surface area contributed by atoms with Crippen LogP contribution in [0.25, 0.3) is 0 Å². The second-order valence-electron chi connectivity index (χ2n) is 7.89. The van der Waals surface area contributed by atoms with E-state index < -0.39 is 11.9 Å². The Morgan fingerprint density at radius 3 is 1.48 bits per heavy atom. The van der Waals surface area contributed by atoms with E-state index in [1.807, 2.05) is 0 Å². The number of aliphatic hydroxyl groups is 2. The van der Waals surface area contributed by atoms with Crippen molar-refractivity contribution in [3.63, 3.8) is 0 Å². The molecule has 0 heterocycles. The van der Waals surface area contributed by atoms with Gasteiger partial charge in [0.05, 0.1) is 6.54 Å². The van der Waals surface area contributed by atoms with Crippen molar-refractivity contribution >= 4 is 5.97 Å². The van der Waals surface area contributed by atoms with E-state index in [4.69, 9.17) is 10.2 Å². The Morgan fingerprint density at radius 1 is 0.741 bits per heavy atom. The largest absolute Gasteiger partial charge is 0.407 e. The molecular weight excluding hydrogens is 342 g/mol. The Kier molecular flexibility index (Phi) is 18.3. The van der Waals surface area contributed by atoms with Gasteiger partial charge in [0.1, 0.15) is 0 Å². The molecule has 0 saturated carbocycles. The summed E-state index contributed by atoms with van der Waals surface area (Å²) in [7, 11) is 0. The van der Waals surface area contributed by atoms with Gasteiger partial charge in [-0.25, -0.2) is 0 Å². The third-order valence-corrected chi connectivity index (χ3v) is 4.78. The lowest BCUT2D eigenvalue weighted by Gasteiger charge is -2.16. The van der Waals surface area contributed by atoms with Crippen LogP contribution in [0.4, 0.5) is 0 Å². The summed E-state index contributed by atoms with van der Waals surface area (Å²) < 4.78 is 4.38. The number of nitrogens with one attached hydrogen (secondary N) is 1. The van der Waals surface area contributed by atoms with E-state index in [1.54, 1.807) is 0 Å². The van der Waals surface area contributed by atoms with Crippen LogP contribution in [0.5, 0.6) is 0 Å². The predicted octanol–water partition coefficient (Wildman–Crippen LogP) is 5.04. The smallest absolute Gasteiger partial charge is 0.324 e. The van der Waals surface area contributed by atoms with E-state index in [-0.39, 0.29) is 6.54 Å². The van der Waals surface area contributed by atoms with Gasteiger partial charge < -0.3 is 20.3 Å². The minimum Gasteiger partial charge on any atom is -0.407 e. The zero-order valence-corrected chi connectivity index (χ0v) is 17.9. The minimum absolute atomic E-state index is 0.00937. The fourth-order valence-corrected chi connectivity index (χ4v) is 3.24. The molecule has 0 unspecified atom stereocenters. The van der Waals surface area contributed by atoms with E-state index >= 15 is 0 Å². The van der Waals surface area contributed by atoms with E-state index in [9.17, 15) is 4.79 Å². The topological polar surface area (TPSA) is 78.8 Å². The highest BCUT2D eigenvalue weighted by Crippen LogP contribution is 2.13. The fourth-order valence-electron chi connectivity index (χ4n) is 3.24. The number of unbranched alkanes of at least 4 members (excludes halogenated alkanes) is 15. The Hall–Kier alpha value is -0.650. The van der Waals surface area contributed by atoms with Crippen LogP contribution in [0.15, 0.2) is 0 Å². The normalized spacial score (nSPS) is 11.7. The second-order valence-corrected chi connectivity index (χ2v) is 7.89. The fraction of sp³-hybridized carbons (Fsp3) is 0.955. The lowest BCUT2D eigenvalue weighted by atomic mass is 10.0. The first-order valence-electron chi connectivity index (χ1n) is 11.3. The Labute approximate surface area is 167 Å². The molecule has 0 aliphatic carbocycles. The van der Waals surface area contributed by atoms with Crippen molar-refractivity contribution in [2.45, 2.75) is 123 Å². The lowest BCUT2D eigenvalue weighted by Crippen LogP contribution is -2.35. The van der Waals surface area contributed by atoms with Gasteiger partial charge in [-0.15, -0.1) is 0 Å². The van der Waals surface area contributed by atoms with Gasteiger partial charge in [-0.2, -0.15) is 0 Å². The molecule has 3 N–H and O–H groups in total. The van der Waals surface area contributed by atoms with Crippen LogP contribution in [0, 0.1) is 0 Å². The Bertz CT molecular complexity index is 329. The summed E-state index contributed by atoms with van der Waals surface area (Å²) in [6, 6.07) is 0. The molecule has 0 aliphatic rings. The van der Waals surface area contributed by atoms with Crippen LogP contribution < -0.4 is 5.32 Å². The molecule has 0 amide bonds. The highest BCUT2D eigenvalue weighted by atomic mass is 16.8. The van der Waals surface area contributed by atoms with Gasteiger partial charge in [-0.3, -0.25) is 4.79 Å². The van der Waals surface area contributed by atoms with Crippen LogP contribution in [-0.2, 0) is 9.53 Å². The van der Waals surface area contributed by atoms with Crippen molar-refractivity contribution in [1.82, 2.24) is 5.32 Å². The number of esters is 1. The molecule has 0 radical (unpaired) electrons. The summed E-state index contributed by atoms with van der Waals surface area (Å²) in [5.74, 6) is -3.04. The summed E-state index contributed by atoms with van der Waals surface area (Å²) in [4.78, 5) is 11.2. The van der Waals surface area contributed by atoms with Crippen molar-refractivity contribution in [1.29, 1.82) is 0 Å². The van der Waals surface area contributed by atoms with E-state index in [0.29, 0.717) is 0 Å². The quantitative estimate of drug-likeness (QED) is 0.155. The van der Waals surface area contributed by atoms with E-state index in [2.05, 4.69) is 17.0 Å². The zero-order valence-electron chi connectivity index (χ0n) is 17.9. The average Bonchev–Trinajstić information content (AvgIpc) is 2.59. The molecule has 0 atom stereocenters. The molecule has 0 fully saturated rings.